The zero-order valence-corrected chi connectivity index (χ0v) is 14.9. The van der Waals surface area contributed by atoms with Gasteiger partial charge in [-0.15, -0.1) is 5.10 Å². The van der Waals surface area contributed by atoms with Gasteiger partial charge in [0, 0.05) is 5.56 Å². The van der Waals surface area contributed by atoms with Gasteiger partial charge in [0.25, 0.3) is 5.56 Å². The Morgan fingerprint density at radius 3 is 2.64 bits per heavy atom. The number of hydrogen-bond acceptors (Lipinski definition) is 4. The first-order valence-corrected chi connectivity index (χ1v) is 9.03. The van der Waals surface area contributed by atoms with Crippen molar-refractivity contribution in [1.82, 2.24) is 14.6 Å². The smallest absolute Gasteiger partial charge is 0.266 e. The van der Waals surface area contributed by atoms with E-state index in [2.05, 4.69) is 29.1 Å². The van der Waals surface area contributed by atoms with Gasteiger partial charge in [-0.1, -0.05) is 66.3 Å². The molecule has 2 aromatic heterocycles. The normalized spacial score (nSPS) is 12.2. The van der Waals surface area contributed by atoms with Gasteiger partial charge in [-0.2, -0.15) is 9.50 Å². The van der Waals surface area contributed by atoms with Crippen molar-refractivity contribution in [2.75, 3.05) is 0 Å². The Kier molecular flexibility index (Phi) is 3.93. The molecule has 5 heteroatoms. The molecule has 2 heterocycles. The van der Waals surface area contributed by atoms with Crippen LogP contribution in [-0.4, -0.2) is 14.6 Å². The van der Waals surface area contributed by atoms with E-state index in [1.54, 1.807) is 0 Å². The average molecular weight is 347 g/mol. The SMILES string of the molecule is CCc1ccc(/C=c2/sc3nc(-c4cccc(C)c4)nn3c2=O)cc1. The minimum absolute atomic E-state index is 0.119. The summed E-state index contributed by atoms with van der Waals surface area (Å²) >= 11 is 1.37. The molecule has 0 radical (unpaired) electrons. The Labute approximate surface area is 149 Å². The van der Waals surface area contributed by atoms with Crippen molar-refractivity contribution >= 4 is 22.4 Å². The minimum Gasteiger partial charge on any atom is -0.266 e. The number of thiazole rings is 1. The highest BCUT2D eigenvalue weighted by atomic mass is 32.1. The van der Waals surface area contributed by atoms with Crippen molar-refractivity contribution in [3.05, 3.63) is 80.1 Å². The molecule has 4 aromatic rings. The first-order chi connectivity index (χ1) is 12.1. The number of nitrogens with zero attached hydrogens (tertiary/aromatic N) is 3. The second kappa shape index (κ2) is 6.26. The third-order valence-corrected chi connectivity index (χ3v) is 5.10. The van der Waals surface area contributed by atoms with Gasteiger partial charge in [0.15, 0.2) is 5.82 Å². The molecule has 0 atom stereocenters. The Morgan fingerprint density at radius 2 is 1.96 bits per heavy atom. The van der Waals surface area contributed by atoms with Crippen LogP contribution in [0.15, 0.2) is 53.3 Å². The average Bonchev–Trinajstić information content (AvgIpc) is 3.16. The molecule has 0 N–H and O–H groups in total. The molecule has 2 aromatic carbocycles. The number of fused-ring (bicyclic) bond motifs is 1. The highest BCUT2D eigenvalue weighted by Crippen LogP contribution is 2.17. The molecule has 25 heavy (non-hydrogen) atoms. The molecule has 0 aliphatic heterocycles. The van der Waals surface area contributed by atoms with Crippen molar-refractivity contribution in [3.8, 4) is 11.4 Å². The van der Waals surface area contributed by atoms with E-state index < -0.39 is 0 Å². The van der Waals surface area contributed by atoms with Crippen LogP contribution in [0.2, 0.25) is 0 Å². The van der Waals surface area contributed by atoms with Crippen LogP contribution in [0.3, 0.4) is 0 Å². The van der Waals surface area contributed by atoms with Crippen LogP contribution in [0.4, 0.5) is 0 Å². The standard InChI is InChI=1S/C20H17N3OS/c1-3-14-7-9-15(10-8-14)12-17-19(24)23-20(25-17)21-18(22-23)16-6-4-5-13(2)11-16/h4-12H,3H2,1-2H3/b17-12+. The van der Waals surface area contributed by atoms with Gasteiger partial charge in [-0.05, 0) is 36.6 Å². The van der Waals surface area contributed by atoms with E-state index in [1.807, 2.05) is 49.4 Å². The molecule has 0 amide bonds. The maximum Gasteiger partial charge on any atom is 0.291 e. The second-order valence-electron chi connectivity index (χ2n) is 6.01. The lowest BCUT2D eigenvalue weighted by molar-refractivity contribution is 0.936. The van der Waals surface area contributed by atoms with Crippen LogP contribution in [0.5, 0.6) is 0 Å². The summed E-state index contributed by atoms with van der Waals surface area (Å²) in [5.41, 5.74) is 4.24. The van der Waals surface area contributed by atoms with E-state index in [0.717, 1.165) is 23.1 Å². The Morgan fingerprint density at radius 1 is 1.16 bits per heavy atom. The number of rotatable bonds is 3. The van der Waals surface area contributed by atoms with Crippen LogP contribution in [0.25, 0.3) is 22.4 Å². The number of aryl methyl sites for hydroxylation is 2. The summed E-state index contributed by atoms with van der Waals surface area (Å²) in [4.78, 5) is 17.8. The predicted octanol–water partition coefficient (Wildman–Crippen LogP) is 3.24. The Balaban J connectivity index is 1.77. The lowest BCUT2D eigenvalue weighted by Crippen LogP contribution is -2.23. The maximum absolute atomic E-state index is 12.6. The fourth-order valence-electron chi connectivity index (χ4n) is 2.74. The van der Waals surface area contributed by atoms with Crippen molar-refractivity contribution in [2.24, 2.45) is 0 Å². The number of benzene rings is 2. The lowest BCUT2D eigenvalue weighted by Gasteiger charge is -1.96. The summed E-state index contributed by atoms with van der Waals surface area (Å²) in [7, 11) is 0. The number of hydrogen-bond donors (Lipinski definition) is 0. The van der Waals surface area contributed by atoms with Gasteiger partial charge in [-0.25, -0.2) is 0 Å². The van der Waals surface area contributed by atoms with E-state index in [1.165, 1.54) is 21.4 Å². The molecule has 0 spiro atoms. The predicted molar refractivity (Wildman–Crippen MR) is 102 cm³/mol. The highest BCUT2D eigenvalue weighted by Gasteiger charge is 2.11. The molecule has 0 unspecified atom stereocenters. The van der Waals surface area contributed by atoms with Gasteiger partial charge >= 0.3 is 0 Å². The van der Waals surface area contributed by atoms with Crippen molar-refractivity contribution in [2.45, 2.75) is 20.3 Å². The molecule has 0 saturated heterocycles. The molecular weight excluding hydrogens is 330 g/mol. The molecule has 4 nitrogen and oxygen atoms in total. The molecule has 0 bridgehead atoms. The van der Waals surface area contributed by atoms with E-state index >= 15 is 0 Å². The third-order valence-electron chi connectivity index (χ3n) is 4.14. The lowest BCUT2D eigenvalue weighted by atomic mass is 10.1. The van der Waals surface area contributed by atoms with Crippen molar-refractivity contribution < 1.29 is 0 Å². The first-order valence-electron chi connectivity index (χ1n) is 8.21. The maximum atomic E-state index is 12.6. The summed E-state index contributed by atoms with van der Waals surface area (Å²) in [6.45, 7) is 4.15. The first kappa shape index (κ1) is 15.7. The van der Waals surface area contributed by atoms with Crippen LogP contribution < -0.4 is 10.1 Å². The largest absolute Gasteiger partial charge is 0.291 e. The Hall–Kier alpha value is -2.79. The zero-order valence-electron chi connectivity index (χ0n) is 14.1. The summed E-state index contributed by atoms with van der Waals surface area (Å²) < 4.78 is 2.05. The number of aromatic nitrogens is 3. The van der Waals surface area contributed by atoms with Crippen molar-refractivity contribution in [3.63, 3.8) is 0 Å². The summed E-state index contributed by atoms with van der Waals surface area (Å²) in [6.07, 6.45) is 2.90. The second-order valence-corrected chi connectivity index (χ2v) is 7.02. The minimum atomic E-state index is -0.119. The van der Waals surface area contributed by atoms with Gasteiger partial charge in [0.05, 0.1) is 4.53 Å². The highest BCUT2D eigenvalue weighted by molar-refractivity contribution is 7.15. The van der Waals surface area contributed by atoms with E-state index in [4.69, 9.17) is 0 Å². The molecule has 124 valence electrons. The van der Waals surface area contributed by atoms with Crippen LogP contribution >= 0.6 is 11.3 Å². The molecular formula is C20H17N3OS. The van der Waals surface area contributed by atoms with Crippen LogP contribution in [-0.2, 0) is 6.42 Å². The van der Waals surface area contributed by atoms with E-state index in [0.29, 0.717) is 15.3 Å². The molecule has 0 fully saturated rings. The van der Waals surface area contributed by atoms with Crippen molar-refractivity contribution in [1.29, 1.82) is 0 Å². The Bertz CT molecular complexity index is 1160. The summed E-state index contributed by atoms with van der Waals surface area (Å²) in [6, 6.07) is 16.2. The quantitative estimate of drug-likeness (QED) is 0.572. The zero-order chi connectivity index (χ0) is 17.4. The summed E-state index contributed by atoms with van der Waals surface area (Å²) in [5, 5.41) is 4.40. The van der Waals surface area contributed by atoms with Gasteiger partial charge in [-0.3, -0.25) is 4.79 Å². The van der Waals surface area contributed by atoms with Gasteiger partial charge in [0.1, 0.15) is 0 Å². The fourth-order valence-corrected chi connectivity index (χ4v) is 3.65. The van der Waals surface area contributed by atoms with Gasteiger partial charge < -0.3 is 0 Å². The molecule has 0 saturated carbocycles. The monoisotopic (exact) mass is 347 g/mol. The molecule has 4 rings (SSSR count). The van der Waals surface area contributed by atoms with Crippen LogP contribution in [0.1, 0.15) is 23.6 Å². The summed E-state index contributed by atoms with van der Waals surface area (Å²) in [5.74, 6) is 0.589. The van der Waals surface area contributed by atoms with Gasteiger partial charge in [0.2, 0.25) is 4.96 Å². The van der Waals surface area contributed by atoms with E-state index in [9.17, 15) is 4.79 Å². The topological polar surface area (TPSA) is 47.3 Å². The molecule has 0 aliphatic carbocycles. The third kappa shape index (κ3) is 2.98. The van der Waals surface area contributed by atoms with E-state index in [-0.39, 0.29) is 5.56 Å². The fraction of sp³-hybridized carbons (Fsp3) is 0.150. The van der Waals surface area contributed by atoms with Crippen LogP contribution in [0, 0.1) is 6.92 Å². The molecule has 0 aliphatic rings.